The fraction of sp³-hybridized carbons (Fsp3) is 0.538. The van der Waals surface area contributed by atoms with Crippen molar-refractivity contribution in [3.63, 3.8) is 0 Å². The van der Waals surface area contributed by atoms with Gasteiger partial charge < -0.3 is 14.4 Å². The van der Waals surface area contributed by atoms with Crippen molar-refractivity contribution in [3.8, 4) is 5.75 Å². The molecule has 0 radical (unpaired) electrons. The summed E-state index contributed by atoms with van der Waals surface area (Å²) >= 11 is 0. The standard InChI is InChI=1S/C26H35NO4/c1-7-10-13-30-25-20(23(28)24(25)29)14-17-15-22(26(4,5)6)31-21-16-18(11-12-19(17)21)27(8-2)9-3/h11-12,14-16,20,25H,7-10,13H2,1-6H3/b17-14+. The van der Waals surface area contributed by atoms with Crippen LogP contribution in [0.2, 0.25) is 0 Å². The van der Waals surface area contributed by atoms with Gasteiger partial charge in [0, 0.05) is 42.4 Å². The number of nitrogens with zero attached hydrogens (tertiary/aromatic N) is 1. The van der Waals surface area contributed by atoms with E-state index in [-0.39, 0.29) is 11.2 Å². The number of ketones is 2. The smallest absolute Gasteiger partial charge is 0.228 e. The van der Waals surface area contributed by atoms with E-state index in [9.17, 15) is 9.59 Å². The van der Waals surface area contributed by atoms with Gasteiger partial charge in [-0.15, -0.1) is 0 Å². The molecule has 0 spiro atoms. The van der Waals surface area contributed by atoms with Crippen LogP contribution in [0.25, 0.3) is 5.57 Å². The maximum Gasteiger partial charge on any atom is 0.228 e. The molecular weight excluding hydrogens is 390 g/mol. The molecule has 0 amide bonds. The number of hydrogen-bond acceptors (Lipinski definition) is 5. The lowest BCUT2D eigenvalue weighted by molar-refractivity contribution is -0.160. The summed E-state index contributed by atoms with van der Waals surface area (Å²) in [6.07, 6.45) is 5.08. The largest absolute Gasteiger partial charge is 0.460 e. The second kappa shape index (κ2) is 9.39. The molecule has 2 unspecified atom stereocenters. The maximum absolute atomic E-state index is 12.4. The van der Waals surface area contributed by atoms with E-state index in [0.29, 0.717) is 6.61 Å². The van der Waals surface area contributed by atoms with Gasteiger partial charge in [-0.25, -0.2) is 0 Å². The Hall–Kier alpha value is -2.40. The van der Waals surface area contributed by atoms with E-state index in [0.717, 1.165) is 54.3 Å². The van der Waals surface area contributed by atoms with Crippen molar-refractivity contribution in [2.24, 2.45) is 11.3 Å². The molecular formula is C26H35NO4. The second-order valence-corrected chi connectivity index (χ2v) is 9.23. The zero-order valence-electron chi connectivity index (χ0n) is 19.7. The van der Waals surface area contributed by atoms with Crippen LogP contribution in [0.4, 0.5) is 5.69 Å². The fourth-order valence-electron chi connectivity index (χ4n) is 3.89. The number of rotatable bonds is 8. The van der Waals surface area contributed by atoms with E-state index in [1.807, 2.05) is 18.2 Å². The summed E-state index contributed by atoms with van der Waals surface area (Å²) in [6, 6.07) is 6.20. The highest BCUT2D eigenvalue weighted by atomic mass is 16.5. The van der Waals surface area contributed by atoms with E-state index in [1.165, 1.54) is 0 Å². The average molecular weight is 426 g/mol. The number of carbonyl (C=O) groups is 2. The highest BCUT2D eigenvalue weighted by molar-refractivity contribution is 6.47. The summed E-state index contributed by atoms with van der Waals surface area (Å²) in [7, 11) is 0. The lowest BCUT2D eigenvalue weighted by Crippen LogP contribution is -2.53. The molecule has 1 fully saturated rings. The monoisotopic (exact) mass is 425 g/mol. The average Bonchev–Trinajstić information content (AvgIpc) is 2.75. The molecule has 1 aliphatic heterocycles. The maximum atomic E-state index is 12.4. The van der Waals surface area contributed by atoms with E-state index in [4.69, 9.17) is 9.47 Å². The first kappa shape index (κ1) is 23.3. The van der Waals surface area contributed by atoms with Gasteiger partial charge in [0.15, 0.2) is 0 Å². The van der Waals surface area contributed by atoms with Crippen molar-refractivity contribution in [3.05, 3.63) is 41.7 Å². The van der Waals surface area contributed by atoms with Gasteiger partial charge in [-0.1, -0.05) is 40.2 Å². The van der Waals surface area contributed by atoms with Crippen LogP contribution in [0.1, 0.15) is 59.9 Å². The van der Waals surface area contributed by atoms with Crippen LogP contribution >= 0.6 is 0 Å². The van der Waals surface area contributed by atoms with Crippen molar-refractivity contribution < 1.29 is 19.1 Å². The fourth-order valence-corrected chi connectivity index (χ4v) is 3.89. The topological polar surface area (TPSA) is 55.8 Å². The lowest BCUT2D eigenvalue weighted by atomic mass is 9.76. The number of allylic oxidation sites excluding steroid dienone is 3. The zero-order chi connectivity index (χ0) is 22.8. The minimum absolute atomic E-state index is 0.196. The predicted molar refractivity (Wildman–Crippen MR) is 124 cm³/mol. The molecule has 3 rings (SSSR count). The van der Waals surface area contributed by atoms with Crippen LogP contribution in [0, 0.1) is 11.3 Å². The predicted octanol–water partition coefficient (Wildman–Crippen LogP) is 5.19. The van der Waals surface area contributed by atoms with Gasteiger partial charge in [0.05, 0.1) is 5.92 Å². The first-order valence-corrected chi connectivity index (χ1v) is 11.4. The third kappa shape index (κ3) is 4.77. The number of carbonyl (C=O) groups excluding carboxylic acids is 2. The Morgan fingerprint density at radius 1 is 1.10 bits per heavy atom. The summed E-state index contributed by atoms with van der Waals surface area (Å²) < 4.78 is 12.0. The molecule has 5 heteroatoms. The number of unbranched alkanes of at least 4 members (excludes halogenated alkanes) is 1. The summed E-state index contributed by atoms with van der Waals surface area (Å²) in [6.45, 7) is 15.0. The van der Waals surface area contributed by atoms with Crippen LogP contribution in [0.5, 0.6) is 5.75 Å². The second-order valence-electron chi connectivity index (χ2n) is 9.23. The minimum Gasteiger partial charge on any atom is -0.460 e. The SMILES string of the molecule is CCCCOC1C(=O)C(=O)C1/C=C1\C=C(C(C)(C)C)Oc2cc(N(CC)CC)ccc21. The summed E-state index contributed by atoms with van der Waals surface area (Å²) in [4.78, 5) is 26.7. The van der Waals surface area contributed by atoms with Crippen LogP contribution in [-0.2, 0) is 14.3 Å². The van der Waals surface area contributed by atoms with Crippen molar-refractivity contribution in [1.29, 1.82) is 0 Å². The quantitative estimate of drug-likeness (QED) is 0.424. The number of hydrogen-bond donors (Lipinski definition) is 0. The molecule has 1 aromatic rings. The van der Waals surface area contributed by atoms with Crippen molar-refractivity contribution in [2.45, 2.75) is 60.5 Å². The molecule has 0 bridgehead atoms. The van der Waals surface area contributed by atoms with Crippen LogP contribution < -0.4 is 9.64 Å². The number of benzene rings is 1. The van der Waals surface area contributed by atoms with E-state index in [2.05, 4.69) is 58.6 Å². The first-order chi connectivity index (χ1) is 14.7. The molecule has 1 heterocycles. The van der Waals surface area contributed by atoms with Gasteiger partial charge in [0.2, 0.25) is 11.6 Å². The van der Waals surface area contributed by atoms with Crippen molar-refractivity contribution in [2.75, 3.05) is 24.6 Å². The molecule has 1 aromatic carbocycles. The zero-order valence-corrected chi connectivity index (χ0v) is 19.7. The molecule has 0 saturated heterocycles. The summed E-state index contributed by atoms with van der Waals surface area (Å²) in [5.74, 6) is 0.300. The Morgan fingerprint density at radius 3 is 2.42 bits per heavy atom. The van der Waals surface area contributed by atoms with Gasteiger partial charge in [-0.3, -0.25) is 9.59 Å². The number of Topliss-reactive ketones (excluding diaryl/α,β-unsaturated/α-hetero) is 2. The van der Waals surface area contributed by atoms with E-state index < -0.39 is 17.8 Å². The number of anilines is 1. The molecule has 1 aliphatic carbocycles. The van der Waals surface area contributed by atoms with Gasteiger partial charge in [-0.05, 0) is 44.1 Å². The molecule has 2 atom stereocenters. The van der Waals surface area contributed by atoms with Gasteiger partial charge >= 0.3 is 0 Å². The minimum atomic E-state index is -0.667. The molecule has 2 aliphatic rings. The van der Waals surface area contributed by atoms with Crippen LogP contribution in [-0.4, -0.2) is 37.4 Å². The van der Waals surface area contributed by atoms with Crippen molar-refractivity contribution >= 4 is 22.8 Å². The molecule has 31 heavy (non-hydrogen) atoms. The van der Waals surface area contributed by atoms with E-state index >= 15 is 0 Å². The molecule has 0 aromatic heterocycles. The highest BCUT2D eigenvalue weighted by Gasteiger charge is 2.49. The number of ether oxygens (including phenoxy) is 2. The van der Waals surface area contributed by atoms with Gasteiger partial charge in [0.1, 0.15) is 17.6 Å². The van der Waals surface area contributed by atoms with E-state index in [1.54, 1.807) is 0 Å². The molecule has 0 N–H and O–H groups in total. The highest BCUT2D eigenvalue weighted by Crippen LogP contribution is 2.42. The Morgan fingerprint density at radius 2 is 1.81 bits per heavy atom. The van der Waals surface area contributed by atoms with Crippen LogP contribution in [0.15, 0.2) is 36.1 Å². The number of fused-ring (bicyclic) bond motifs is 1. The Balaban J connectivity index is 1.99. The van der Waals surface area contributed by atoms with Crippen LogP contribution in [0.3, 0.4) is 0 Å². The van der Waals surface area contributed by atoms with Crippen molar-refractivity contribution in [1.82, 2.24) is 0 Å². The summed E-state index contributed by atoms with van der Waals surface area (Å²) in [5, 5.41) is 0. The first-order valence-electron chi connectivity index (χ1n) is 11.4. The Kier molecular flexibility index (Phi) is 7.05. The normalized spacial score (nSPS) is 22.0. The lowest BCUT2D eigenvalue weighted by Gasteiger charge is -2.33. The molecule has 1 saturated carbocycles. The third-order valence-electron chi connectivity index (χ3n) is 5.94. The molecule has 5 nitrogen and oxygen atoms in total. The van der Waals surface area contributed by atoms with Gasteiger partial charge in [-0.2, -0.15) is 0 Å². The summed E-state index contributed by atoms with van der Waals surface area (Å²) in [5.41, 5.74) is 2.75. The van der Waals surface area contributed by atoms with Gasteiger partial charge in [0.25, 0.3) is 0 Å². The third-order valence-corrected chi connectivity index (χ3v) is 5.94. The molecule has 168 valence electrons. The Bertz CT molecular complexity index is 902. The Labute approximate surface area is 186 Å².